The third kappa shape index (κ3) is 4.48. The first-order chi connectivity index (χ1) is 11.1. The molecule has 2 aliphatic rings. The predicted octanol–water partition coefficient (Wildman–Crippen LogP) is 2.39. The Morgan fingerprint density at radius 2 is 1.91 bits per heavy atom. The SMILES string of the molecule is CC1CCN(C(=O)C2CC[NH+](Cc3cccc(Cl)c3)CC2)CC1. The molecule has 23 heavy (non-hydrogen) atoms. The number of halogens is 1. The molecule has 0 saturated carbocycles. The van der Waals surface area contributed by atoms with Crippen molar-refractivity contribution in [3.05, 3.63) is 34.9 Å². The average molecular weight is 336 g/mol. The number of carbonyl (C=O) groups is 1. The third-order valence-electron chi connectivity index (χ3n) is 5.48. The zero-order chi connectivity index (χ0) is 16.2. The highest BCUT2D eigenvalue weighted by molar-refractivity contribution is 6.30. The van der Waals surface area contributed by atoms with E-state index in [-0.39, 0.29) is 5.92 Å². The van der Waals surface area contributed by atoms with E-state index in [9.17, 15) is 4.79 Å². The highest BCUT2D eigenvalue weighted by atomic mass is 35.5. The lowest BCUT2D eigenvalue weighted by Gasteiger charge is -2.35. The molecule has 4 heteroatoms. The molecule has 0 spiro atoms. The number of nitrogens with one attached hydrogen (secondary N) is 1. The number of likely N-dealkylation sites (tertiary alicyclic amines) is 2. The van der Waals surface area contributed by atoms with Crippen LogP contribution >= 0.6 is 11.6 Å². The van der Waals surface area contributed by atoms with Gasteiger partial charge in [-0.1, -0.05) is 30.7 Å². The first-order valence-electron chi connectivity index (χ1n) is 8.98. The lowest BCUT2D eigenvalue weighted by molar-refractivity contribution is -0.919. The Hall–Kier alpha value is -1.06. The smallest absolute Gasteiger partial charge is 0.226 e. The third-order valence-corrected chi connectivity index (χ3v) is 5.72. The van der Waals surface area contributed by atoms with Crippen LogP contribution in [0.4, 0.5) is 0 Å². The van der Waals surface area contributed by atoms with Gasteiger partial charge in [-0.3, -0.25) is 4.79 Å². The van der Waals surface area contributed by atoms with Crippen LogP contribution in [0.15, 0.2) is 24.3 Å². The van der Waals surface area contributed by atoms with Crippen LogP contribution in [-0.4, -0.2) is 37.0 Å². The van der Waals surface area contributed by atoms with Gasteiger partial charge in [0.05, 0.1) is 13.1 Å². The van der Waals surface area contributed by atoms with Crippen molar-refractivity contribution in [1.29, 1.82) is 0 Å². The van der Waals surface area contributed by atoms with Crippen LogP contribution in [0.5, 0.6) is 0 Å². The highest BCUT2D eigenvalue weighted by Crippen LogP contribution is 2.21. The quantitative estimate of drug-likeness (QED) is 0.901. The van der Waals surface area contributed by atoms with E-state index >= 15 is 0 Å². The summed E-state index contributed by atoms with van der Waals surface area (Å²) in [5, 5.41) is 0.811. The van der Waals surface area contributed by atoms with Crippen LogP contribution in [0.2, 0.25) is 5.02 Å². The fraction of sp³-hybridized carbons (Fsp3) is 0.632. The summed E-state index contributed by atoms with van der Waals surface area (Å²) in [6.07, 6.45) is 4.40. The summed E-state index contributed by atoms with van der Waals surface area (Å²) in [6, 6.07) is 8.14. The second kappa shape index (κ2) is 7.67. The summed E-state index contributed by atoms with van der Waals surface area (Å²) in [7, 11) is 0. The maximum atomic E-state index is 12.7. The normalized spacial score (nSPS) is 26.3. The minimum Gasteiger partial charge on any atom is -0.342 e. The van der Waals surface area contributed by atoms with Crippen LogP contribution in [0.3, 0.4) is 0 Å². The monoisotopic (exact) mass is 335 g/mol. The second-order valence-corrected chi connectivity index (χ2v) is 7.78. The minimum atomic E-state index is 0.256. The molecule has 0 aliphatic carbocycles. The number of hydrogen-bond donors (Lipinski definition) is 1. The van der Waals surface area contributed by atoms with Gasteiger partial charge in [-0.15, -0.1) is 0 Å². The fourth-order valence-corrected chi connectivity index (χ4v) is 4.09. The molecular weight excluding hydrogens is 308 g/mol. The molecule has 2 saturated heterocycles. The van der Waals surface area contributed by atoms with Crippen molar-refractivity contribution >= 4 is 17.5 Å². The maximum Gasteiger partial charge on any atom is 0.226 e. The van der Waals surface area contributed by atoms with Crippen molar-refractivity contribution in [2.24, 2.45) is 11.8 Å². The van der Waals surface area contributed by atoms with Crippen LogP contribution in [-0.2, 0) is 11.3 Å². The zero-order valence-corrected chi connectivity index (χ0v) is 14.8. The van der Waals surface area contributed by atoms with E-state index in [1.807, 2.05) is 12.1 Å². The molecule has 2 fully saturated rings. The lowest BCUT2D eigenvalue weighted by Crippen LogP contribution is -3.11. The Kier molecular flexibility index (Phi) is 5.60. The number of rotatable bonds is 3. The Morgan fingerprint density at radius 3 is 2.57 bits per heavy atom. The Labute approximate surface area is 144 Å². The van der Waals surface area contributed by atoms with Gasteiger partial charge in [-0.2, -0.15) is 0 Å². The van der Waals surface area contributed by atoms with E-state index in [2.05, 4.69) is 24.0 Å². The van der Waals surface area contributed by atoms with Crippen LogP contribution in [0.25, 0.3) is 0 Å². The molecule has 0 aromatic heterocycles. The van der Waals surface area contributed by atoms with Gasteiger partial charge >= 0.3 is 0 Å². The minimum absolute atomic E-state index is 0.256. The molecule has 3 nitrogen and oxygen atoms in total. The van der Waals surface area contributed by atoms with E-state index in [0.29, 0.717) is 5.91 Å². The number of piperidine rings is 2. The van der Waals surface area contributed by atoms with Crippen LogP contribution in [0.1, 0.15) is 38.2 Å². The van der Waals surface area contributed by atoms with Gasteiger partial charge < -0.3 is 9.80 Å². The Balaban J connectivity index is 1.47. The van der Waals surface area contributed by atoms with Gasteiger partial charge in [0.25, 0.3) is 0 Å². The Morgan fingerprint density at radius 1 is 1.22 bits per heavy atom. The number of nitrogens with zero attached hydrogens (tertiary/aromatic N) is 1. The van der Waals surface area contributed by atoms with E-state index < -0.39 is 0 Å². The fourth-order valence-electron chi connectivity index (χ4n) is 3.87. The number of benzene rings is 1. The van der Waals surface area contributed by atoms with Crippen LogP contribution in [0, 0.1) is 11.8 Å². The number of hydrogen-bond acceptors (Lipinski definition) is 1. The zero-order valence-electron chi connectivity index (χ0n) is 14.1. The molecule has 3 rings (SSSR count). The molecular formula is C19H28ClN2O+. The first kappa shape index (κ1) is 16.8. The van der Waals surface area contributed by atoms with Crippen molar-refractivity contribution in [1.82, 2.24) is 4.90 Å². The van der Waals surface area contributed by atoms with E-state index in [1.54, 1.807) is 4.90 Å². The molecule has 0 bridgehead atoms. The molecule has 2 aliphatic heterocycles. The summed E-state index contributed by atoms with van der Waals surface area (Å²) in [5.74, 6) is 1.45. The van der Waals surface area contributed by atoms with Gasteiger partial charge in [0, 0.05) is 42.4 Å². The second-order valence-electron chi connectivity index (χ2n) is 7.34. The standard InChI is InChI=1S/C19H27ClN2O/c1-15-5-11-22(12-6-15)19(23)17-7-9-21(10-8-17)14-16-3-2-4-18(20)13-16/h2-4,13,15,17H,5-12,14H2,1H3/p+1. The maximum absolute atomic E-state index is 12.7. The van der Waals surface area contributed by atoms with Crippen molar-refractivity contribution in [2.75, 3.05) is 26.2 Å². The first-order valence-corrected chi connectivity index (χ1v) is 9.36. The molecule has 0 unspecified atom stereocenters. The summed E-state index contributed by atoms with van der Waals surface area (Å²) in [6.45, 7) is 7.42. The van der Waals surface area contributed by atoms with Gasteiger partial charge in [0.15, 0.2) is 0 Å². The number of quaternary nitrogens is 1. The molecule has 2 heterocycles. The number of carbonyl (C=O) groups excluding carboxylic acids is 1. The molecule has 1 aromatic rings. The molecule has 0 atom stereocenters. The molecule has 1 N–H and O–H groups in total. The van der Waals surface area contributed by atoms with Crippen molar-refractivity contribution in [3.63, 3.8) is 0 Å². The summed E-state index contributed by atoms with van der Waals surface area (Å²) >= 11 is 6.06. The lowest BCUT2D eigenvalue weighted by atomic mass is 9.92. The van der Waals surface area contributed by atoms with E-state index in [1.165, 1.54) is 18.4 Å². The summed E-state index contributed by atoms with van der Waals surface area (Å²) < 4.78 is 0. The van der Waals surface area contributed by atoms with Gasteiger partial charge in [0.1, 0.15) is 6.54 Å². The van der Waals surface area contributed by atoms with E-state index in [0.717, 1.165) is 56.5 Å². The van der Waals surface area contributed by atoms with Gasteiger partial charge in [-0.25, -0.2) is 0 Å². The Bertz CT molecular complexity index is 532. The van der Waals surface area contributed by atoms with Gasteiger partial charge in [0.2, 0.25) is 5.91 Å². The largest absolute Gasteiger partial charge is 0.342 e. The summed E-state index contributed by atoms with van der Waals surface area (Å²) in [5.41, 5.74) is 1.29. The van der Waals surface area contributed by atoms with Crippen molar-refractivity contribution in [2.45, 2.75) is 39.2 Å². The molecule has 126 valence electrons. The van der Waals surface area contributed by atoms with Crippen molar-refractivity contribution in [3.8, 4) is 0 Å². The van der Waals surface area contributed by atoms with Gasteiger partial charge in [-0.05, 0) is 30.9 Å². The molecule has 1 amide bonds. The summed E-state index contributed by atoms with van der Waals surface area (Å²) in [4.78, 5) is 16.4. The molecule has 1 aromatic carbocycles. The number of amides is 1. The predicted molar refractivity (Wildman–Crippen MR) is 93.6 cm³/mol. The topological polar surface area (TPSA) is 24.8 Å². The average Bonchev–Trinajstić information content (AvgIpc) is 2.56. The van der Waals surface area contributed by atoms with E-state index in [4.69, 9.17) is 11.6 Å². The molecule has 0 radical (unpaired) electrons. The van der Waals surface area contributed by atoms with Crippen LogP contribution < -0.4 is 4.90 Å². The van der Waals surface area contributed by atoms with Crippen molar-refractivity contribution < 1.29 is 9.69 Å². The highest BCUT2D eigenvalue weighted by Gasteiger charge is 2.31.